The summed E-state index contributed by atoms with van der Waals surface area (Å²) in [4.78, 5) is 20.5. The van der Waals surface area contributed by atoms with Crippen LogP contribution in [0.4, 0.5) is 21.7 Å². The first-order valence-electron chi connectivity index (χ1n) is 9.65. The van der Waals surface area contributed by atoms with Gasteiger partial charge in [0.1, 0.15) is 5.82 Å². The Bertz CT molecular complexity index is 1060. The summed E-state index contributed by atoms with van der Waals surface area (Å²) in [6, 6.07) is 10.3. The number of carbonyl (C=O) groups is 1. The molecule has 0 radical (unpaired) electrons. The van der Waals surface area contributed by atoms with E-state index in [2.05, 4.69) is 20.6 Å². The van der Waals surface area contributed by atoms with Crippen LogP contribution in [0, 0.1) is 5.82 Å². The van der Waals surface area contributed by atoms with Crippen molar-refractivity contribution < 1.29 is 9.18 Å². The second kappa shape index (κ2) is 8.00. The zero-order chi connectivity index (χ0) is 20.4. The summed E-state index contributed by atoms with van der Waals surface area (Å²) in [5, 5.41) is 7.16. The van der Waals surface area contributed by atoms with Gasteiger partial charge in [0, 0.05) is 29.4 Å². The Labute approximate surface area is 167 Å². The van der Waals surface area contributed by atoms with Crippen molar-refractivity contribution in [3.8, 4) is 0 Å². The number of carbonyl (C=O) groups excluding carboxylic acids is 1. The van der Waals surface area contributed by atoms with Gasteiger partial charge in [-0.05, 0) is 37.1 Å². The van der Waals surface area contributed by atoms with E-state index >= 15 is 0 Å². The van der Waals surface area contributed by atoms with Crippen LogP contribution in [-0.2, 0) is 0 Å². The minimum absolute atomic E-state index is 0.0258. The van der Waals surface area contributed by atoms with Crippen LogP contribution in [0.3, 0.4) is 0 Å². The van der Waals surface area contributed by atoms with E-state index in [4.69, 9.17) is 11.5 Å². The molecule has 0 aliphatic heterocycles. The van der Waals surface area contributed by atoms with Crippen molar-refractivity contribution >= 4 is 34.1 Å². The van der Waals surface area contributed by atoms with Crippen LogP contribution in [0.1, 0.15) is 36.0 Å². The third-order valence-electron chi connectivity index (χ3n) is 5.25. The molecule has 1 aliphatic carbocycles. The number of fused-ring (bicyclic) bond motifs is 1. The maximum atomic E-state index is 14.6. The lowest BCUT2D eigenvalue weighted by atomic mass is 9.91. The Kier molecular flexibility index (Phi) is 5.26. The van der Waals surface area contributed by atoms with Crippen molar-refractivity contribution in [3.63, 3.8) is 0 Å². The molecule has 150 valence electrons. The van der Waals surface area contributed by atoms with Crippen molar-refractivity contribution in [3.05, 3.63) is 54.0 Å². The van der Waals surface area contributed by atoms with E-state index in [1.807, 2.05) is 30.3 Å². The second-order valence-corrected chi connectivity index (χ2v) is 7.31. The van der Waals surface area contributed by atoms with Gasteiger partial charge in [-0.25, -0.2) is 9.37 Å². The van der Waals surface area contributed by atoms with Crippen LogP contribution >= 0.6 is 0 Å². The first-order valence-corrected chi connectivity index (χ1v) is 9.65. The molecule has 2 atom stereocenters. The Hall–Kier alpha value is -3.26. The van der Waals surface area contributed by atoms with E-state index in [-0.39, 0.29) is 29.3 Å². The molecule has 8 heteroatoms. The van der Waals surface area contributed by atoms with Crippen LogP contribution in [0.25, 0.3) is 10.9 Å². The number of halogens is 1. The van der Waals surface area contributed by atoms with Gasteiger partial charge in [0.05, 0.1) is 11.1 Å². The molecule has 0 unspecified atom stereocenters. The number of benzene rings is 1. The normalized spacial score (nSPS) is 19.1. The van der Waals surface area contributed by atoms with E-state index in [1.165, 1.54) is 0 Å². The summed E-state index contributed by atoms with van der Waals surface area (Å²) in [5.41, 5.74) is 13.0. The molecule has 7 nitrogen and oxygen atoms in total. The van der Waals surface area contributed by atoms with Crippen LogP contribution < -0.4 is 22.1 Å². The molecule has 2 heterocycles. The summed E-state index contributed by atoms with van der Waals surface area (Å²) in [5.74, 6) is -1.17. The highest BCUT2D eigenvalue weighted by Crippen LogP contribution is 2.27. The molecule has 29 heavy (non-hydrogen) atoms. The zero-order valence-electron chi connectivity index (χ0n) is 15.9. The molecule has 1 saturated carbocycles. The van der Waals surface area contributed by atoms with Crippen molar-refractivity contribution in [2.75, 3.05) is 10.6 Å². The van der Waals surface area contributed by atoms with Crippen molar-refractivity contribution in [1.82, 2.24) is 9.97 Å². The standard InChI is InChI=1S/C21H23FN6O/c22-15-11-14(19(24)29)20(28-21(15)27-17-6-2-1-5-16(17)23)26-13-8-7-12-4-3-9-25-18(12)10-13/h3-4,7-11,16-17H,1-2,5-6,23H2,(H2,24,29)(H2,26,27,28)/t16-,17+/m0/s1. The summed E-state index contributed by atoms with van der Waals surface area (Å²) >= 11 is 0. The number of nitrogens with zero attached hydrogens (tertiary/aromatic N) is 2. The number of hydrogen-bond acceptors (Lipinski definition) is 6. The fourth-order valence-electron chi connectivity index (χ4n) is 3.67. The van der Waals surface area contributed by atoms with Gasteiger partial charge in [0.2, 0.25) is 0 Å². The number of nitrogens with two attached hydrogens (primary N) is 2. The Morgan fingerprint density at radius 1 is 1.14 bits per heavy atom. The van der Waals surface area contributed by atoms with Crippen molar-refractivity contribution in [2.45, 2.75) is 37.8 Å². The quantitative estimate of drug-likeness (QED) is 0.527. The Morgan fingerprint density at radius 3 is 2.76 bits per heavy atom. The molecule has 1 aromatic carbocycles. The van der Waals surface area contributed by atoms with Gasteiger partial charge in [-0.3, -0.25) is 9.78 Å². The van der Waals surface area contributed by atoms with Gasteiger partial charge >= 0.3 is 0 Å². The molecule has 1 aliphatic rings. The molecule has 0 bridgehead atoms. The molecule has 0 spiro atoms. The van der Waals surface area contributed by atoms with Crippen LogP contribution in [0.5, 0.6) is 0 Å². The zero-order valence-corrected chi connectivity index (χ0v) is 15.9. The smallest absolute Gasteiger partial charge is 0.252 e. The van der Waals surface area contributed by atoms with Crippen molar-refractivity contribution in [1.29, 1.82) is 0 Å². The number of anilines is 3. The highest BCUT2D eigenvalue weighted by Gasteiger charge is 2.24. The van der Waals surface area contributed by atoms with Crippen molar-refractivity contribution in [2.24, 2.45) is 11.5 Å². The summed E-state index contributed by atoms with van der Waals surface area (Å²) in [6.07, 6.45) is 5.53. The number of pyridine rings is 2. The topological polar surface area (TPSA) is 119 Å². The second-order valence-electron chi connectivity index (χ2n) is 7.31. The SMILES string of the molecule is NC(=O)c1cc(F)c(N[C@@H]2CCCC[C@@H]2N)nc1Nc1ccc2cccnc2c1. The van der Waals surface area contributed by atoms with Crippen LogP contribution in [0.2, 0.25) is 0 Å². The molecular formula is C21H23FN6O. The fraction of sp³-hybridized carbons (Fsp3) is 0.286. The highest BCUT2D eigenvalue weighted by atomic mass is 19.1. The highest BCUT2D eigenvalue weighted by molar-refractivity contribution is 5.99. The lowest BCUT2D eigenvalue weighted by Crippen LogP contribution is -2.43. The first kappa shape index (κ1) is 19.1. The van der Waals surface area contributed by atoms with E-state index in [0.29, 0.717) is 5.69 Å². The predicted octanol–water partition coefficient (Wildman–Crippen LogP) is 3.29. The number of aromatic nitrogens is 2. The minimum atomic E-state index is -0.765. The average Bonchev–Trinajstić information content (AvgIpc) is 2.71. The van der Waals surface area contributed by atoms with Gasteiger partial charge in [-0.15, -0.1) is 0 Å². The first-order chi connectivity index (χ1) is 14.0. The summed E-state index contributed by atoms with van der Waals surface area (Å²) < 4.78 is 14.6. The third-order valence-corrected chi connectivity index (χ3v) is 5.25. The predicted molar refractivity (Wildman–Crippen MR) is 112 cm³/mol. The Morgan fingerprint density at radius 2 is 1.97 bits per heavy atom. The number of primary amides is 1. The number of nitrogens with one attached hydrogen (secondary N) is 2. The lowest BCUT2D eigenvalue weighted by Gasteiger charge is -2.30. The van der Waals surface area contributed by atoms with Gasteiger partial charge in [-0.2, -0.15) is 0 Å². The number of amides is 1. The van der Waals surface area contributed by atoms with Crippen LogP contribution in [-0.4, -0.2) is 28.0 Å². The van der Waals surface area contributed by atoms with Gasteiger partial charge in [0.25, 0.3) is 5.91 Å². The maximum Gasteiger partial charge on any atom is 0.252 e. The number of rotatable bonds is 5. The molecule has 6 N–H and O–H groups in total. The van der Waals surface area contributed by atoms with E-state index < -0.39 is 11.7 Å². The summed E-state index contributed by atoms with van der Waals surface area (Å²) in [6.45, 7) is 0. The van der Waals surface area contributed by atoms with Gasteiger partial charge in [-0.1, -0.05) is 25.0 Å². The van der Waals surface area contributed by atoms with Crippen LogP contribution in [0.15, 0.2) is 42.6 Å². The molecular weight excluding hydrogens is 371 g/mol. The average molecular weight is 394 g/mol. The molecule has 3 aromatic rings. The fourth-order valence-corrected chi connectivity index (χ4v) is 3.67. The number of hydrogen-bond donors (Lipinski definition) is 4. The lowest BCUT2D eigenvalue weighted by molar-refractivity contribution is 0.100. The molecule has 1 fully saturated rings. The van der Waals surface area contributed by atoms with Gasteiger partial charge < -0.3 is 22.1 Å². The molecule has 4 rings (SSSR count). The van der Waals surface area contributed by atoms with E-state index in [0.717, 1.165) is 42.7 Å². The molecule has 1 amide bonds. The van der Waals surface area contributed by atoms with Gasteiger partial charge in [0.15, 0.2) is 11.6 Å². The third kappa shape index (κ3) is 4.12. The largest absolute Gasteiger partial charge is 0.365 e. The Balaban J connectivity index is 1.67. The monoisotopic (exact) mass is 394 g/mol. The maximum absolute atomic E-state index is 14.6. The van der Waals surface area contributed by atoms with E-state index in [1.54, 1.807) is 6.20 Å². The van der Waals surface area contributed by atoms with E-state index in [9.17, 15) is 9.18 Å². The summed E-state index contributed by atoms with van der Waals surface area (Å²) in [7, 11) is 0. The molecule has 0 saturated heterocycles. The molecule has 2 aromatic heterocycles. The minimum Gasteiger partial charge on any atom is -0.365 e.